The average Bonchev–Trinajstić information content (AvgIpc) is 2.78. The van der Waals surface area contributed by atoms with Crippen molar-refractivity contribution < 1.29 is 18.6 Å². The second-order valence-corrected chi connectivity index (χ2v) is 9.88. The number of carbonyl (C=O) groups excluding carboxylic acids is 2. The molecule has 31 heavy (non-hydrogen) atoms. The Morgan fingerprint density at radius 3 is 2.52 bits per heavy atom. The molecule has 0 aromatic heterocycles. The van der Waals surface area contributed by atoms with E-state index in [2.05, 4.69) is 5.16 Å². The monoisotopic (exact) mass is 437 g/mol. The first-order valence-corrected chi connectivity index (χ1v) is 12.1. The van der Waals surface area contributed by atoms with Crippen molar-refractivity contribution in [1.29, 1.82) is 0 Å². The Hall–Kier alpha value is -2.60. The van der Waals surface area contributed by atoms with Crippen LogP contribution in [0.4, 0.5) is 0 Å². The van der Waals surface area contributed by atoms with E-state index in [0.717, 1.165) is 35.6 Å². The molecule has 2 aromatic rings. The van der Waals surface area contributed by atoms with Crippen molar-refractivity contribution in [2.75, 3.05) is 0 Å². The lowest BCUT2D eigenvalue weighted by Crippen LogP contribution is -2.33. The standard InChI is InChI=1S/C25H27NO4S/c1-17(27)30-26-22(13-11-18-7-3-2-4-8-18)25(28)23-14-12-21-15-19-9-5-6-10-20(19)16-24(21)31(23)29/h5-6,9-10,12,14-16,18,23H,2-4,7-8,11,13H2,1H3. The van der Waals surface area contributed by atoms with Crippen molar-refractivity contribution in [1.82, 2.24) is 0 Å². The quantitative estimate of drug-likeness (QED) is 0.354. The Morgan fingerprint density at radius 2 is 1.81 bits per heavy atom. The fourth-order valence-corrected chi connectivity index (χ4v) is 5.87. The van der Waals surface area contributed by atoms with E-state index in [1.165, 1.54) is 26.2 Å². The van der Waals surface area contributed by atoms with Crippen molar-refractivity contribution in [3.05, 3.63) is 48.0 Å². The zero-order chi connectivity index (χ0) is 21.8. The third-order valence-electron chi connectivity index (χ3n) is 6.12. The highest BCUT2D eigenvalue weighted by Gasteiger charge is 2.32. The molecular formula is C25H27NO4S. The minimum atomic E-state index is -1.54. The summed E-state index contributed by atoms with van der Waals surface area (Å²) in [5.74, 6) is -0.339. The molecule has 1 aliphatic heterocycles. The summed E-state index contributed by atoms with van der Waals surface area (Å²) >= 11 is 0. The van der Waals surface area contributed by atoms with Gasteiger partial charge in [-0.15, -0.1) is 0 Å². The molecule has 0 spiro atoms. The normalized spacial score (nSPS) is 21.6. The van der Waals surface area contributed by atoms with Crippen LogP contribution in [-0.2, 0) is 25.2 Å². The lowest BCUT2D eigenvalue weighted by molar-refractivity contribution is -0.140. The molecule has 0 amide bonds. The highest BCUT2D eigenvalue weighted by atomic mass is 32.2. The largest absolute Gasteiger partial charge is 0.331 e. The van der Waals surface area contributed by atoms with Crippen molar-refractivity contribution in [3.63, 3.8) is 0 Å². The number of hydrogen-bond acceptors (Lipinski definition) is 5. The Labute approximate surface area is 185 Å². The van der Waals surface area contributed by atoms with Crippen LogP contribution in [-0.4, -0.2) is 26.9 Å². The molecule has 5 nitrogen and oxygen atoms in total. The van der Waals surface area contributed by atoms with E-state index in [-0.39, 0.29) is 11.5 Å². The van der Waals surface area contributed by atoms with Crippen LogP contribution in [0.25, 0.3) is 16.8 Å². The smallest absolute Gasteiger partial charge is 0.318 e. The molecule has 2 aliphatic rings. The fourth-order valence-electron chi connectivity index (χ4n) is 4.44. The summed E-state index contributed by atoms with van der Waals surface area (Å²) in [6, 6.07) is 11.8. The van der Waals surface area contributed by atoms with Gasteiger partial charge in [0, 0.05) is 11.8 Å². The maximum absolute atomic E-state index is 13.3. The van der Waals surface area contributed by atoms with Crippen molar-refractivity contribution in [2.24, 2.45) is 11.1 Å². The lowest BCUT2D eigenvalue weighted by Gasteiger charge is -2.22. The Bertz CT molecular complexity index is 1080. The summed E-state index contributed by atoms with van der Waals surface area (Å²) in [4.78, 5) is 30.1. The van der Waals surface area contributed by atoms with E-state index in [0.29, 0.717) is 17.2 Å². The number of carbonyl (C=O) groups is 2. The van der Waals surface area contributed by atoms with E-state index >= 15 is 0 Å². The Kier molecular flexibility index (Phi) is 6.76. The molecule has 0 N–H and O–H groups in total. The first kappa shape index (κ1) is 21.6. The van der Waals surface area contributed by atoms with Gasteiger partial charge in [0.1, 0.15) is 11.0 Å². The van der Waals surface area contributed by atoms with E-state index < -0.39 is 22.0 Å². The van der Waals surface area contributed by atoms with Crippen LogP contribution in [0.3, 0.4) is 0 Å². The van der Waals surface area contributed by atoms with Crippen LogP contribution >= 0.6 is 0 Å². The van der Waals surface area contributed by atoms with E-state index in [1.807, 2.05) is 42.5 Å². The molecule has 2 unspecified atom stereocenters. The van der Waals surface area contributed by atoms with Gasteiger partial charge >= 0.3 is 5.97 Å². The van der Waals surface area contributed by atoms with Crippen molar-refractivity contribution >= 4 is 45.1 Å². The van der Waals surface area contributed by atoms with Crippen LogP contribution in [0.1, 0.15) is 57.4 Å². The van der Waals surface area contributed by atoms with Gasteiger partial charge in [-0.3, -0.25) is 9.00 Å². The zero-order valence-corrected chi connectivity index (χ0v) is 18.5. The predicted octanol–water partition coefficient (Wildman–Crippen LogP) is 5.19. The predicted molar refractivity (Wildman–Crippen MR) is 123 cm³/mol. The molecule has 0 bridgehead atoms. The molecule has 2 atom stereocenters. The first-order valence-electron chi connectivity index (χ1n) is 10.9. The van der Waals surface area contributed by atoms with Gasteiger partial charge in [0.15, 0.2) is 5.78 Å². The minimum absolute atomic E-state index is 0.202. The Balaban J connectivity index is 1.56. The number of fused-ring (bicyclic) bond motifs is 2. The van der Waals surface area contributed by atoms with Gasteiger partial charge in [-0.1, -0.05) is 73.7 Å². The van der Waals surface area contributed by atoms with Crippen molar-refractivity contribution in [3.8, 4) is 0 Å². The van der Waals surface area contributed by atoms with Gasteiger partial charge < -0.3 is 4.84 Å². The number of oxime groups is 1. The van der Waals surface area contributed by atoms with Crippen LogP contribution in [0, 0.1) is 5.92 Å². The number of benzene rings is 2. The third-order valence-corrected chi connectivity index (χ3v) is 7.74. The topological polar surface area (TPSA) is 72.8 Å². The number of rotatable bonds is 6. The van der Waals surface area contributed by atoms with Crippen LogP contribution in [0.2, 0.25) is 0 Å². The first-order chi connectivity index (χ1) is 15.0. The van der Waals surface area contributed by atoms with Gasteiger partial charge in [0.05, 0.1) is 10.8 Å². The number of ketones is 1. The van der Waals surface area contributed by atoms with Gasteiger partial charge in [-0.25, -0.2) is 4.79 Å². The summed E-state index contributed by atoms with van der Waals surface area (Å²) < 4.78 is 13.3. The van der Waals surface area contributed by atoms with Crippen LogP contribution < -0.4 is 0 Å². The molecule has 6 heteroatoms. The van der Waals surface area contributed by atoms with Gasteiger partial charge in [0.25, 0.3) is 0 Å². The minimum Gasteiger partial charge on any atom is -0.318 e. The summed E-state index contributed by atoms with van der Waals surface area (Å²) in [5, 5.41) is 5.10. The van der Waals surface area contributed by atoms with Gasteiger partial charge in [-0.2, -0.15) is 0 Å². The van der Waals surface area contributed by atoms with Crippen LogP contribution in [0.5, 0.6) is 0 Å². The zero-order valence-electron chi connectivity index (χ0n) is 17.7. The second-order valence-electron chi connectivity index (χ2n) is 8.34. The lowest BCUT2D eigenvalue weighted by atomic mass is 9.85. The molecule has 1 aliphatic carbocycles. The number of Topliss-reactive ketones (excluding diaryl/α,β-unsaturated/α-hetero) is 1. The van der Waals surface area contributed by atoms with Crippen LogP contribution in [0.15, 0.2) is 52.5 Å². The second kappa shape index (κ2) is 9.69. The fraction of sp³-hybridized carbons (Fsp3) is 0.400. The maximum Gasteiger partial charge on any atom is 0.331 e. The molecule has 162 valence electrons. The third kappa shape index (κ3) is 5.01. The van der Waals surface area contributed by atoms with E-state index in [1.54, 1.807) is 6.08 Å². The maximum atomic E-state index is 13.3. The highest BCUT2D eigenvalue weighted by Crippen LogP contribution is 2.31. The molecule has 4 rings (SSSR count). The van der Waals surface area contributed by atoms with E-state index in [4.69, 9.17) is 4.84 Å². The van der Waals surface area contributed by atoms with Gasteiger partial charge in [-0.05, 0) is 47.2 Å². The SMILES string of the molecule is CC(=O)ON=C(CCC1CCCCC1)C(=O)C1C=Cc2cc3ccccc3cc2S1=O. The van der Waals surface area contributed by atoms with Crippen molar-refractivity contribution in [2.45, 2.75) is 62.0 Å². The summed E-state index contributed by atoms with van der Waals surface area (Å²) in [6.45, 7) is 1.26. The van der Waals surface area contributed by atoms with E-state index in [9.17, 15) is 13.8 Å². The molecule has 1 fully saturated rings. The number of hydrogen-bond donors (Lipinski definition) is 0. The molecule has 2 aromatic carbocycles. The van der Waals surface area contributed by atoms with Gasteiger partial charge in [0.2, 0.25) is 0 Å². The Morgan fingerprint density at radius 1 is 1.10 bits per heavy atom. The molecule has 1 heterocycles. The highest BCUT2D eigenvalue weighted by molar-refractivity contribution is 7.87. The summed E-state index contributed by atoms with van der Waals surface area (Å²) in [6.07, 6.45) is 10.8. The molecule has 0 saturated heterocycles. The molecule has 1 saturated carbocycles. The average molecular weight is 438 g/mol. The molecular weight excluding hydrogens is 410 g/mol. The number of nitrogens with zero attached hydrogens (tertiary/aromatic N) is 1. The summed E-state index contributed by atoms with van der Waals surface area (Å²) in [5.41, 5.74) is 1.06. The molecule has 0 radical (unpaired) electrons. The summed E-state index contributed by atoms with van der Waals surface area (Å²) in [7, 11) is -1.54.